The number of esters is 1. The van der Waals surface area contributed by atoms with E-state index in [1.54, 1.807) is 12.1 Å². The van der Waals surface area contributed by atoms with Crippen molar-refractivity contribution in [3.05, 3.63) is 78.4 Å². The molecule has 0 saturated carbocycles. The van der Waals surface area contributed by atoms with Crippen molar-refractivity contribution in [2.75, 3.05) is 32.2 Å². The van der Waals surface area contributed by atoms with Crippen molar-refractivity contribution in [3.63, 3.8) is 0 Å². The summed E-state index contributed by atoms with van der Waals surface area (Å²) in [5.41, 5.74) is 2.96. The van der Waals surface area contributed by atoms with E-state index in [4.69, 9.17) is 18.9 Å². The second-order valence-corrected chi connectivity index (χ2v) is 15.2. The molecule has 6 heteroatoms. The van der Waals surface area contributed by atoms with Gasteiger partial charge in [-0.25, -0.2) is 4.79 Å². The third kappa shape index (κ3) is 21.7. The molecule has 0 aliphatic carbocycles. The molecular formula is C48H72O5S. The first-order valence-electron chi connectivity index (χ1n) is 21.7. The molecule has 0 heterocycles. The van der Waals surface area contributed by atoms with E-state index in [9.17, 15) is 4.79 Å². The Hall–Kier alpha value is -3.12. The van der Waals surface area contributed by atoms with Gasteiger partial charge in [0.2, 0.25) is 0 Å². The summed E-state index contributed by atoms with van der Waals surface area (Å²) in [7, 11) is 0. The fraction of sp³-hybridized carbons (Fsp3) is 0.604. The van der Waals surface area contributed by atoms with Gasteiger partial charge in [0.1, 0.15) is 17.2 Å². The molecule has 0 saturated heterocycles. The zero-order valence-corrected chi connectivity index (χ0v) is 34.6. The molecule has 0 radical (unpaired) electrons. The molecule has 5 nitrogen and oxygen atoms in total. The lowest BCUT2D eigenvalue weighted by atomic mass is 10.1. The van der Waals surface area contributed by atoms with Gasteiger partial charge in [0.05, 0.1) is 32.0 Å². The van der Waals surface area contributed by atoms with E-state index in [-0.39, 0.29) is 5.97 Å². The van der Waals surface area contributed by atoms with Crippen molar-refractivity contribution < 1.29 is 23.7 Å². The van der Waals surface area contributed by atoms with E-state index in [0.29, 0.717) is 12.2 Å². The summed E-state index contributed by atoms with van der Waals surface area (Å²) in [4.78, 5) is 12.4. The lowest BCUT2D eigenvalue weighted by molar-refractivity contribution is 0.0497. The van der Waals surface area contributed by atoms with Crippen LogP contribution in [0.2, 0.25) is 0 Å². The fourth-order valence-electron chi connectivity index (χ4n) is 6.59. The average molecular weight is 761 g/mol. The minimum Gasteiger partial charge on any atom is -0.494 e. The van der Waals surface area contributed by atoms with Gasteiger partial charge in [-0.2, -0.15) is 12.6 Å². The van der Waals surface area contributed by atoms with Crippen LogP contribution in [0.25, 0.3) is 11.1 Å². The number of thiol groups is 1. The molecule has 0 aromatic heterocycles. The molecule has 3 rings (SSSR count). The number of carbonyl (C=O) groups excluding carboxylic acids is 1. The van der Waals surface area contributed by atoms with Gasteiger partial charge >= 0.3 is 5.97 Å². The monoisotopic (exact) mass is 761 g/mol. The largest absolute Gasteiger partial charge is 0.494 e. The first kappa shape index (κ1) is 45.3. The quantitative estimate of drug-likeness (QED) is 0.0373. The number of unbranched alkanes of at least 4 members (excludes halogenated alkanes) is 20. The minimum absolute atomic E-state index is 0.250. The van der Waals surface area contributed by atoms with Crippen LogP contribution in [0.1, 0.15) is 165 Å². The molecule has 0 aliphatic rings. The van der Waals surface area contributed by atoms with Crippen molar-refractivity contribution in [3.8, 4) is 28.4 Å². The Balaban J connectivity index is 1.11. The van der Waals surface area contributed by atoms with Gasteiger partial charge < -0.3 is 18.9 Å². The maximum Gasteiger partial charge on any atom is 0.338 e. The van der Waals surface area contributed by atoms with Crippen LogP contribution in [0, 0.1) is 0 Å². The van der Waals surface area contributed by atoms with E-state index in [2.05, 4.69) is 68.1 Å². The normalized spacial score (nSPS) is 11.1. The summed E-state index contributed by atoms with van der Waals surface area (Å²) >= 11 is 4.28. The van der Waals surface area contributed by atoms with E-state index in [1.807, 2.05) is 12.1 Å². The highest BCUT2D eigenvalue weighted by atomic mass is 32.1. The molecule has 3 aromatic rings. The molecule has 0 atom stereocenters. The second-order valence-electron chi connectivity index (χ2n) is 14.8. The summed E-state index contributed by atoms with van der Waals surface area (Å²) in [6.07, 6.45) is 28.3. The molecule has 0 amide bonds. The van der Waals surface area contributed by atoms with Crippen LogP contribution in [0.15, 0.2) is 72.8 Å². The van der Waals surface area contributed by atoms with E-state index in [1.165, 1.54) is 127 Å². The third-order valence-electron chi connectivity index (χ3n) is 10.0. The van der Waals surface area contributed by atoms with Crippen LogP contribution in [0.4, 0.5) is 0 Å². The van der Waals surface area contributed by atoms with Gasteiger partial charge in [0.25, 0.3) is 0 Å². The van der Waals surface area contributed by atoms with Crippen LogP contribution in [0.5, 0.6) is 17.2 Å². The van der Waals surface area contributed by atoms with Gasteiger partial charge in [-0.05, 0) is 97.5 Å². The molecule has 0 N–H and O–H groups in total. The van der Waals surface area contributed by atoms with Crippen molar-refractivity contribution in [2.24, 2.45) is 0 Å². The zero-order chi connectivity index (χ0) is 38.2. The third-order valence-corrected chi connectivity index (χ3v) is 10.3. The summed E-state index contributed by atoms with van der Waals surface area (Å²) in [5.74, 6) is 3.46. The second kappa shape index (κ2) is 31.1. The van der Waals surface area contributed by atoms with Gasteiger partial charge in [0.15, 0.2) is 0 Å². The number of hydrogen-bond donors (Lipinski definition) is 1. The standard InChI is InChI=1S/C48H72O5S/c1-2-3-4-5-15-20-37-52-47-35-29-44(30-36-47)48(49)53-40-23-18-13-9-8-12-17-22-39-51-46-33-27-43(28-34-46)42-25-31-45(32-26-42)50-38-21-16-11-7-6-10-14-19-24-41-54/h25-36,54H,2-24,37-41H2,1H3. The molecule has 54 heavy (non-hydrogen) atoms. The van der Waals surface area contributed by atoms with Crippen molar-refractivity contribution in [1.29, 1.82) is 0 Å². The van der Waals surface area contributed by atoms with Gasteiger partial charge in [-0.3, -0.25) is 0 Å². The summed E-state index contributed by atoms with van der Waals surface area (Å²) in [6, 6.07) is 24.2. The van der Waals surface area contributed by atoms with Gasteiger partial charge in [0, 0.05) is 0 Å². The predicted octanol–water partition coefficient (Wildman–Crippen LogP) is 14.3. The summed E-state index contributed by atoms with van der Waals surface area (Å²) in [5, 5.41) is 0. The number of hydrogen-bond acceptors (Lipinski definition) is 6. The Morgan fingerprint density at radius 2 is 0.722 bits per heavy atom. The Bertz CT molecular complexity index is 1310. The smallest absolute Gasteiger partial charge is 0.338 e. The highest BCUT2D eigenvalue weighted by molar-refractivity contribution is 7.80. The van der Waals surface area contributed by atoms with E-state index < -0.39 is 0 Å². The first-order chi connectivity index (χ1) is 26.7. The van der Waals surface area contributed by atoms with E-state index in [0.717, 1.165) is 74.9 Å². The van der Waals surface area contributed by atoms with Crippen LogP contribution in [-0.2, 0) is 4.74 Å². The molecule has 0 unspecified atom stereocenters. The van der Waals surface area contributed by atoms with Crippen LogP contribution >= 0.6 is 12.6 Å². The average Bonchev–Trinajstić information content (AvgIpc) is 3.20. The summed E-state index contributed by atoms with van der Waals surface area (Å²) < 4.78 is 23.3. The number of rotatable bonds is 34. The molecular weight excluding hydrogens is 689 g/mol. The molecule has 0 aliphatic heterocycles. The zero-order valence-electron chi connectivity index (χ0n) is 33.7. The number of ether oxygens (including phenoxy) is 4. The van der Waals surface area contributed by atoms with E-state index >= 15 is 0 Å². The maximum absolute atomic E-state index is 12.4. The van der Waals surface area contributed by atoms with Crippen LogP contribution in [-0.4, -0.2) is 38.1 Å². The topological polar surface area (TPSA) is 54.0 Å². The highest BCUT2D eigenvalue weighted by Gasteiger charge is 2.07. The lowest BCUT2D eigenvalue weighted by Crippen LogP contribution is -2.06. The maximum atomic E-state index is 12.4. The SMILES string of the molecule is CCCCCCCCOc1ccc(C(=O)OCCCCCCCCCCOc2ccc(-c3ccc(OCCCCCCCCCCCS)cc3)cc2)cc1. The van der Waals surface area contributed by atoms with Gasteiger partial charge in [-0.1, -0.05) is 147 Å². The lowest BCUT2D eigenvalue weighted by Gasteiger charge is -2.09. The van der Waals surface area contributed by atoms with Crippen LogP contribution in [0.3, 0.4) is 0 Å². The van der Waals surface area contributed by atoms with Crippen molar-refractivity contribution in [1.82, 2.24) is 0 Å². The number of carbonyl (C=O) groups is 1. The first-order valence-corrected chi connectivity index (χ1v) is 22.3. The van der Waals surface area contributed by atoms with Crippen molar-refractivity contribution in [2.45, 2.75) is 155 Å². The van der Waals surface area contributed by atoms with Crippen molar-refractivity contribution >= 4 is 18.6 Å². The predicted molar refractivity (Wildman–Crippen MR) is 231 cm³/mol. The Kier molecular flexibility index (Phi) is 26.1. The fourth-order valence-corrected chi connectivity index (χ4v) is 6.81. The molecule has 300 valence electrons. The Morgan fingerprint density at radius 1 is 0.407 bits per heavy atom. The minimum atomic E-state index is -0.250. The summed E-state index contributed by atoms with van der Waals surface area (Å²) in [6.45, 7) is 4.99. The highest BCUT2D eigenvalue weighted by Crippen LogP contribution is 2.25. The number of benzene rings is 3. The van der Waals surface area contributed by atoms with Crippen LogP contribution < -0.4 is 14.2 Å². The van der Waals surface area contributed by atoms with Gasteiger partial charge in [-0.15, -0.1) is 0 Å². The molecule has 3 aromatic carbocycles. The molecule has 0 spiro atoms. The Morgan fingerprint density at radius 3 is 1.09 bits per heavy atom. The Labute approximate surface area is 334 Å². The molecule has 0 bridgehead atoms. The molecule has 0 fully saturated rings.